The molecule has 0 bridgehead atoms. The van der Waals surface area contributed by atoms with Gasteiger partial charge in [-0.1, -0.05) is 0 Å². The molecule has 104 valence electrons. The number of hydrogen-bond donors (Lipinski definition) is 1. The number of nitrogens with zero attached hydrogens (tertiary/aromatic N) is 1. The van der Waals surface area contributed by atoms with E-state index in [4.69, 9.17) is 0 Å². The molecule has 0 radical (unpaired) electrons. The Hall–Kier alpha value is -0.410. The van der Waals surface area contributed by atoms with Gasteiger partial charge < -0.3 is 10.2 Å². The highest BCUT2D eigenvalue weighted by molar-refractivity contribution is 5.82. The van der Waals surface area contributed by atoms with Crippen molar-refractivity contribution in [1.29, 1.82) is 0 Å². The van der Waals surface area contributed by atoms with E-state index in [0.29, 0.717) is 11.7 Å². The minimum Gasteiger partial charge on any atom is -0.320 e. The van der Waals surface area contributed by atoms with Crippen molar-refractivity contribution in [3.8, 4) is 0 Å². The molecule has 2 fully saturated rings. The van der Waals surface area contributed by atoms with Crippen molar-refractivity contribution < 1.29 is 4.79 Å². The van der Waals surface area contributed by atoms with E-state index in [-0.39, 0.29) is 0 Å². The van der Waals surface area contributed by atoms with Crippen LogP contribution < -0.4 is 5.32 Å². The molecular formula is C15H28N2O. The van der Waals surface area contributed by atoms with Crippen LogP contribution in [0.25, 0.3) is 0 Å². The van der Waals surface area contributed by atoms with Crippen LogP contribution in [0.2, 0.25) is 0 Å². The number of Topliss-reactive ketones (excluding diaryl/α,β-unsaturated/α-hetero) is 1. The van der Waals surface area contributed by atoms with Crippen molar-refractivity contribution in [1.82, 2.24) is 10.2 Å². The van der Waals surface area contributed by atoms with Crippen molar-refractivity contribution in [2.45, 2.75) is 44.9 Å². The molecule has 0 aromatic rings. The first-order chi connectivity index (χ1) is 8.79. The van der Waals surface area contributed by atoms with Crippen LogP contribution in [0.4, 0.5) is 0 Å². The normalized spacial score (nSPS) is 26.9. The van der Waals surface area contributed by atoms with Gasteiger partial charge in [0.25, 0.3) is 0 Å². The maximum Gasteiger partial charge on any atom is 0.136 e. The zero-order chi connectivity index (χ0) is 12.8. The summed E-state index contributed by atoms with van der Waals surface area (Å²) in [5.41, 5.74) is 0. The van der Waals surface area contributed by atoms with E-state index in [1.807, 2.05) is 7.05 Å². The van der Waals surface area contributed by atoms with Crippen LogP contribution in [-0.2, 0) is 4.79 Å². The number of hydrogen-bond acceptors (Lipinski definition) is 3. The van der Waals surface area contributed by atoms with Crippen molar-refractivity contribution in [3.63, 3.8) is 0 Å². The topological polar surface area (TPSA) is 32.3 Å². The van der Waals surface area contributed by atoms with Crippen LogP contribution in [0.15, 0.2) is 0 Å². The minimum atomic E-state index is 0.395. The number of likely N-dealkylation sites (tertiary alicyclic amines) is 1. The molecule has 3 nitrogen and oxygen atoms in total. The molecule has 18 heavy (non-hydrogen) atoms. The molecule has 0 aromatic heterocycles. The van der Waals surface area contributed by atoms with Crippen LogP contribution in [0.3, 0.4) is 0 Å². The summed E-state index contributed by atoms with van der Waals surface area (Å²) in [5, 5.41) is 3.24. The summed E-state index contributed by atoms with van der Waals surface area (Å²) in [4.78, 5) is 14.2. The van der Waals surface area contributed by atoms with Gasteiger partial charge in [0.2, 0.25) is 0 Å². The number of carbonyl (C=O) groups is 1. The van der Waals surface area contributed by atoms with Gasteiger partial charge >= 0.3 is 0 Å². The van der Waals surface area contributed by atoms with Gasteiger partial charge in [-0.15, -0.1) is 0 Å². The fourth-order valence-electron chi connectivity index (χ4n) is 3.38. The Morgan fingerprint density at radius 1 is 1.22 bits per heavy atom. The Labute approximate surface area is 111 Å². The second kappa shape index (κ2) is 7.25. The molecule has 3 heteroatoms. The van der Waals surface area contributed by atoms with E-state index in [0.717, 1.165) is 44.7 Å². The molecule has 1 N–H and O–H groups in total. The fourth-order valence-corrected chi connectivity index (χ4v) is 3.38. The highest BCUT2D eigenvalue weighted by Crippen LogP contribution is 2.26. The number of rotatable bonds is 6. The van der Waals surface area contributed by atoms with Gasteiger partial charge in [-0.05, 0) is 77.7 Å². The standard InChI is InChI=1S/C15H28N2O/c1-16-9-5-13-6-10-17(11-7-13)12-8-14-3-2-4-15(14)18/h13-14,16H,2-12H2,1H3. The van der Waals surface area contributed by atoms with Crippen LogP contribution in [-0.4, -0.2) is 43.9 Å². The van der Waals surface area contributed by atoms with Gasteiger partial charge in [-0.25, -0.2) is 0 Å². The smallest absolute Gasteiger partial charge is 0.136 e. The van der Waals surface area contributed by atoms with Crippen LogP contribution in [0.5, 0.6) is 0 Å². The monoisotopic (exact) mass is 252 g/mol. The van der Waals surface area contributed by atoms with Crippen LogP contribution in [0, 0.1) is 11.8 Å². The van der Waals surface area contributed by atoms with Gasteiger partial charge in [0, 0.05) is 12.3 Å². The average molecular weight is 252 g/mol. The van der Waals surface area contributed by atoms with Crippen LogP contribution >= 0.6 is 0 Å². The van der Waals surface area contributed by atoms with Gasteiger partial charge in [0.05, 0.1) is 0 Å². The molecule has 1 aliphatic heterocycles. The van der Waals surface area contributed by atoms with E-state index >= 15 is 0 Å². The van der Waals surface area contributed by atoms with Crippen molar-refractivity contribution >= 4 is 5.78 Å². The summed E-state index contributed by atoms with van der Waals surface area (Å²) in [7, 11) is 2.04. The van der Waals surface area contributed by atoms with Gasteiger partial charge in [0.1, 0.15) is 5.78 Å². The summed E-state index contributed by atoms with van der Waals surface area (Å²) < 4.78 is 0. The maximum absolute atomic E-state index is 11.6. The number of piperidine rings is 1. The lowest BCUT2D eigenvalue weighted by molar-refractivity contribution is -0.120. The third-order valence-electron chi connectivity index (χ3n) is 4.73. The predicted molar refractivity (Wildman–Crippen MR) is 74.7 cm³/mol. The Balaban J connectivity index is 1.60. The van der Waals surface area contributed by atoms with Gasteiger partial charge in [-0.3, -0.25) is 4.79 Å². The third kappa shape index (κ3) is 4.06. The molecule has 1 unspecified atom stereocenters. The fraction of sp³-hybridized carbons (Fsp3) is 0.933. The Kier molecular flexibility index (Phi) is 5.64. The second-order valence-corrected chi connectivity index (χ2v) is 6.02. The quantitative estimate of drug-likeness (QED) is 0.785. The molecule has 2 rings (SSSR count). The average Bonchev–Trinajstić information content (AvgIpc) is 2.81. The van der Waals surface area contributed by atoms with Crippen molar-refractivity contribution in [2.75, 3.05) is 33.2 Å². The first kappa shape index (κ1) is 14.0. The van der Waals surface area contributed by atoms with Crippen molar-refractivity contribution in [3.05, 3.63) is 0 Å². The van der Waals surface area contributed by atoms with E-state index in [1.54, 1.807) is 0 Å². The molecule has 0 amide bonds. The summed E-state index contributed by atoms with van der Waals surface area (Å²) in [6, 6.07) is 0. The molecule has 1 saturated carbocycles. The molecular weight excluding hydrogens is 224 g/mol. The lowest BCUT2D eigenvalue weighted by Crippen LogP contribution is -2.36. The van der Waals surface area contributed by atoms with E-state index < -0.39 is 0 Å². The Morgan fingerprint density at radius 2 is 2.00 bits per heavy atom. The van der Waals surface area contributed by atoms with E-state index in [1.165, 1.54) is 32.4 Å². The summed E-state index contributed by atoms with van der Waals surface area (Å²) in [5.74, 6) is 1.84. The summed E-state index contributed by atoms with van der Waals surface area (Å²) in [6.45, 7) is 4.79. The minimum absolute atomic E-state index is 0.395. The van der Waals surface area contributed by atoms with Gasteiger partial charge in [0.15, 0.2) is 0 Å². The summed E-state index contributed by atoms with van der Waals surface area (Å²) >= 11 is 0. The zero-order valence-electron chi connectivity index (χ0n) is 11.8. The third-order valence-corrected chi connectivity index (χ3v) is 4.73. The molecule has 1 saturated heterocycles. The highest BCUT2D eigenvalue weighted by atomic mass is 16.1. The zero-order valence-corrected chi connectivity index (χ0v) is 11.8. The first-order valence-corrected chi connectivity index (χ1v) is 7.69. The number of nitrogens with one attached hydrogen (secondary N) is 1. The van der Waals surface area contributed by atoms with E-state index in [2.05, 4.69) is 10.2 Å². The molecule has 1 atom stereocenters. The second-order valence-electron chi connectivity index (χ2n) is 6.02. The predicted octanol–water partition coefficient (Wildman–Crippen LogP) is 2.07. The van der Waals surface area contributed by atoms with E-state index in [9.17, 15) is 4.79 Å². The maximum atomic E-state index is 11.6. The first-order valence-electron chi connectivity index (χ1n) is 7.69. The SMILES string of the molecule is CNCCC1CCN(CCC2CCCC2=O)CC1. The molecule has 0 spiro atoms. The Morgan fingerprint density at radius 3 is 2.61 bits per heavy atom. The number of carbonyl (C=O) groups excluding carboxylic acids is 1. The lowest BCUT2D eigenvalue weighted by atomic mass is 9.93. The number of ketones is 1. The molecule has 2 aliphatic rings. The summed E-state index contributed by atoms with van der Waals surface area (Å²) in [6.07, 6.45) is 8.26. The molecule has 0 aromatic carbocycles. The van der Waals surface area contributed by atoms with Gasteiger partial charge in [-0.2, -0.15) is 0 Å². The lowest BCUT2D eigenvalue weighted by Gasteiger charge is -2.32. The largest absolute Gasteiger partial charge is 0.320 e. The van der Waals surface area contributed by atoms with Crippen LogP contribution in [0.1, 0.15) is 44.9 Å². The molecule has 1 heterocycles. The van der Waals surface area contributed by atoms with Crippen molar-refractivity contribution in [2.24, 2.45) is 11.8 Å². The molecule has 1 aliphatic carbocycles. The highest BCUT2D eigenvalue weighted by Gasteiger charge is 2.25. The Bertz CT molecular complexity index is 259.